The van der Waals surface area contributed by atoms with Gasteiger partial charge in [-0.1, -0.05) is 11.8 Å². The normalized spacial score (nSPS) is 21.1. The molecule has 0 radical (unpaired) electrons. The Kier molecular flexibility index (Phi) is 4.72. The molecule has 1 saturated heterocycles. The van der Waals surface area contributed by atoms with Crippen molar-refractivity contribution in [2.24, 2.45) is 0 Å². The van der Waals surface area contributed by atoms with E-state index in [4.69, 9.17) is 9.84 Å². The lowest BCUT2D eigenvalue weighted by Crippen LogP contribution is -2.46. The van der Waals surface area contributed by atoms with Crippen molar-refractivity contribution in [2.45, 2.75) is 25.3 Å². The molecule has 2 N–H and O–H groups in total. The highest BCUT2D eigenvalue weighted by atomic mass is 16.5. The first-order valence-electron chi connectivity index (χ1n) is 6.58. The fourth-order valence-corrected chi connectivity index (χ4v) is 1.96. The molecule has 0 aromatic carbocycles. The molecule has 1 atom stereocenters. The molecule has 2 heterocycles. The number of amides is 1. The van der Waals surface area contributed by atoms with E-state index in [1.807, 2.05) is 6.92 Å². The number of rotatable bonds is 3. The molecule has 0 bridgehead atoms. The summed E-state index contributed by atoms with van der Waals surface area (Å²) in [5.41, 5.74) is 0.836. The van der Waals surface area contributed by atoms with E-state index in [1.54, 1.807) is 12.3 Å². The first-order valence-corrected chi connectivity index (χ1v) is 6.58. The molecular formula is C15H18N2O3. The Hall–Kier alpha value is -1.90. The number of hydrogen-bond donors (Lipinski definition) is 2. The molecule has 5 heteroatoms. The Morgan fingerprint density at radius 1 is 1.60 bits per heavy atom. The van der Waals surface area contributed by atoms with E-state index < -0.39 is 0 Å². The van der Waals surface area contributed by atoms with Gasteiger partial charge in [0.05, 0.1) is 24.3 Å². The summed E-state index contributed by atoms with van der Waals surface area (Å²) in [5.74, 6) is 5.50. The van der Waals surface area contributed by atoms with Crippen LogP contribution < -0.4 is 5.32 Å². The van der Waals surface area contributed by atoms with Gasteiger partial charge in [0.2, 0.25) is 0 Å². The molecule has 2 rings (SSSR count). The number of pyridine rings is 1. The molecule has 1 fully saturated rings. The van der Waals surface area contributed by atoms with Gasteiger partial charge in [-0.25, -0.2) is 0 Å². The lowest BCUT2D eigenvalue weighted by Gasteiger charge is -2.23. The van der Waals surface area contributed by atoms with Crippen molar-refractivity contribution >= 4 is 5.91 Å². The first-order chi connectivity index (χ1) is 9.63. The number of carbonyl (C=O) groups excluding carboxylic acids is 1. The quantitative estimate of drug-likeness (QED) is 0.797. The highest BCUT2D eigenvalue weighted by molar-refractivity contribution is 5.94. The minimum atomic E-state index is -0.310. The van der Waals surface area contributed by atoms with Crippen LogP contribution in [0.4, 0.5) is 0 Å². The highest BCUT2D eigenvalue weighted by Gasteiger charge is 2.31. The van der Waals surface area contributed by atoms with Gasteiger partial charge < -0.3 is 15.2 Å². The smallest absolute Gasteiger partial charge is 0.253 e. The van der Waals surface area contributed by atoms with Crippen LogP contribution in [0.1, 0.15) is 35.7 Å². The summed E-state index contributed by atoms with van der Waals surface area (Å²) in [6.07, 6.45) is 4.33. The van der Waals surface area contributed by atoms with Crippen LogP contribution in [-0.2, 0) is 4.74 Å². The second-order valence-electron chi connectivity index (χ2n) is 5.06. The van der Waals surface area contributed by atoms with Crippen LogP contribution in [0.15, 0.2) is 18.5 Å². The predicted molar refractivity (Wildman–Crippen MR) is 74.1 cm³/mol. The number of aromatic nitrogens is 1. The van der Waals surface area contributed by atoms with Crippen LogP contribution in [0.3, 0.4) is 0 Å². The number of ether oxygens (including phenoxy) is 1. The predicted octanol–water partition coefficient (Wildman–Crippen LogP) is 0.724. The van der Waals surface area contributed by atoms with E-state index >= 15 is 0 Å². The summed E-state index contributed by atoms with van der Waals surface area (Å²) in [7, 11) is 0. The maximum atomic E-state index is 12.2. The van der Waals surface area contributed by atoms with E-state index in [0.29, 0.717) is 30.8 Å². The van der Waals surface area contributed by atoms with E-state index in [2.05, 4.69) is 22.1 Å². The molecule has 1 aliphatic heterocycles. The zero-order valence-corrected chi connectivity index (χ0v) is 11.5. The lowest BCUT2D eigenvalue weighted by molar-refractivity contribution is 0.0889. The standard InChI is InChI=1S/C15H18N2O3/c1-15(5-7-20-11-15)17-14(19)13-8-12(9-16-10-13)4-2-3-6-18/h8-10,18H,3,5-7,11H2,1H3,(H,17,19). The summed E-state index contributed by atoms with van der Waals surface area (Å²) >= 11 is 0. The minimum Gasteiger partial charge on any atom is -0.395 e. The first kappa shape index (κ1) is 14.5. The van der Waals surface area contributed by atoms with Gasteiger partial charge in [0.1, 0.15) is 0 Å². The van der Waals surface area contributed by atoms with Gasteiger partial charge in [-0.05, 0) is 19.4 Å². The van der Waals surface area contributed by atoms with Gasteiger partial charge in [0.15, 0.2) is 0 Å². The molecule has 1 aromatic heterocycles. The van der Waals surface area contributed by atoms with Crippen molar-refractivity contribution in [3.05, 3.63) is 29.6 Å². The van der Waals surface area contributed by atoms with Gasteiger partial charge in [-0.2, -0.15) is 0 Å². The van der Waals surface area contributed by atoms with Crippen LogP contribution >= 0.6 is 0 Å². The Morgan fingerprint density at radius 2 is 2.45 bits per heavy atom. The fraction of sp³-hybridized carbons (Fsp3) is 0.467. The number of nitrogens with one attached hydrogen (secondary N) is 1. The summed E-state index contributed by atoms with van der Waals surface area (Å²) in [6.45, 7) is 3.19. The van der Waals surface area contributed by atoms with Crippen molar-refractivity contribution in [1.82, 2.24) is 10.3 Å². The molecule has 20 heavy (non-hydrogen) atoms. The third-order valence-electron chi connectivity index (χ3n) is 3.10. The Bertz CT molecular complexity index is 540. The average Bonchev–Trinajstić information content (AvgIpc) is 2.86. The van der Waals surface area contributed by atoms with Gasteiger partial charge in [0, 0.05) is 31.0 Å². The molecule has 1 amide bonds. The number of hydrogen-bond acceptors (Lipinski definition) is 4. The average molecular weight is 274 g/mol. The van der Waals surface area contributed by atoms with Crippen molar-refractivity contribution < 1.29 is 14.6 Å². The van der Waals surface area contributed by atoms with Crippen LogP contribution in [0.25, 0.3) is 0 Å². The Labute approximate surface area is 118 Å². The van der Waals surface area contributed by atoms with E-state index in [1.165, 1.54) is 6.20 Å². The maximum absolute atomic E-state index is 12.2. The monoisotopic (exact) mass is 274 g/mol. The lowest BCUT2D eigenvalue weighted by atomic mass is 10.0. The van der Waals surface area contributed by atoms with Gasteiger partial charge in [-0.15, -0.1) is 0 Å². The zero-order chi connectivity index (χ0) is 14.4. The van der Waals surface area contributed by atoms with Crippen LogP contribution in [0, 0.1) is 11.8 Å². The van der Waals surface area contributed by atoms with Crippen molar-refractivity contribution in [2.75, 3.05) is 19.8 Å². The summed E-state index contributed by atoms with van der Waals surface area (Å²) in [6, 6.07) is 1.70. The van der Waals surface area contributed by atoms with Gasteiger partial charge >= 0.3 is 0 Å². The Morgan fingerprint density at radius 3 is 3.15 bits per heavy atom. The Balaban J connectivity index is 2.07. The summed E-state index contributed by atoms with van der Waals surface area (Å²) in [5, 5.41) is 11.7. The third kappa shape index (κ3) is 3.80. The number of carbonyl (C=O) groups is 1. The molecule has 1 unspecified atom stereocenters. The van der Waals surface area contributed by atoms with Crippen LogP contribution in [0.5, 0.6) is 0 Å². The van der Waals surface area contributed by atoms with Crippen molar-refractivity contribution in [3.63, 3.8) is 0 Å². The third-order valence-corrected chi connectivity index (χ3v) is 3.10. The minimum absolute atomic E-state index is 0.0267. The van der Waals surface area contributed by atoms with Crippen molar-refractivity contribution in [1.29, 1.82) is 0 Å². The van der Waals surface area contributed by atoms with Crippen LogP contribution in [-0.4, -0.2) is 41.4 Å². The van der Waals surface area contributed by atoms with Crippen LogP contribution in [0.2, 0.25) is 0 Å². The topological polar surface area (TPSA) is 71.5 Å². The number of nitrogens with zero attached hydrogens (tertiary/aromatic N) is 1. The molecule has 106 valence electrons. The van der Waals surface area contributed by atoms with E-state index in [0.717, 1.165) is 6.42 Å². The molecule has 0 aliphatic carbocycles. The van der Waals surface area contributed by atoms with E-state index in [9.17, 15) is 4.79 Å². The molecular weight excluding hydrogens is 256 g/mol. The summed E-state index contributed by atoms with van der Waals surface area (Å²) in [4.78, 5) is 16.2. The zero-order valence-electron chi connectivity index (χ0n) is 11.5. The second-order valence-corrected chi connectivity index (χ2v) is 5.06. The fourth-order valence-electron chi connectivity index (χ4n) is 1.96. The molecule has 0 saturated carbocycles. The van der Waals surface area contributed by atoms with Gasteiger partial charge in [0.25, 0.3) is 5.91 Å². The van der Waals surface area contributed by atoms with E-state index in [-0.39, 0.29) is 18.1 Å². The highest BCUT2D eigenvalue weighted by Crippen LogP contribution is 2.18. The largest absolute Gasteiger partial charge is 0.395 e. The second kappa shape index (κ2) is 6.51. The van der Waals surface area contributed by atoms with Gasteiger partial charge in [-0.3, -0.25) is 9.78 Å². The number of aliphatic hydroxyl groups is 1. The summed E-state index contributed by atoms with van der Waals surface area (Å²) < 4.78 is 5.31. The maximum Gasteiger partial charge on any atom is 0.253 e. The molecule has 0 spiro atoms. The molecule has 5 nitrogen and oxygen atoms in total. The molecule has 1 aromatic rings. The number of aliphatic hydroxyl groups excluding tert-OH is 1. The van der Waals surface area contributed by atoms with Crippen molar-refractivity contribution in [3.8, 4) is 11.8 Å². The SMILES string of the molecule is CC1(NC(=O)c2cncc(C#CCCO)c2)CCOC1. The molecule has 1 aliphatic rings.